The van der Waals surface area contributed by atoms with Crippen LogP contribution in [0.1, 0.15) is 19.0 Å². The minimum Gasteiger partial charge on any atom is -0.382 e. The number of benzene rings is 1. The first-order chi connectivity index (χ1) is 14.7. The number of thiophene rings is 1. The summed E-state index contributed by atoms with van der Waals surface area (Å²) >= 11 is 8.43. The first-order valence-electron chi connectivity index (χ1n) is 9.70. The molecule has 0 radical (unpaired) electrons. The quantitative estimate of drug-likeness (QED) is 0.264. The van der Waals surface area contributed by atoms with E-state index < -0.39 is 0 Å². The smallest absolute Gasteiger partial charge is 0.266 e. The van der Waals surface area contributed by atoms with Crippen molar-refractivity contribution in [3.05, 3.63) is 64.5 Å². The maximum Gasteiger partial charge on any atom is 0.266 e. The van der Waals surface area contributed by atoms with Gasteiger partial charge in [-0.25, -0.2) is 4.68 Å². The maximum absolute atomic E-state index is 12.9. The molecule has 1 amide bonds. The Morgan fingerprint density at radius 2 is 2.03 bits per heavy atom. The highest BCUT2D eigenvalue weighted by Gasteiger charge is 2.32. The van der Waals surface area contributed by atoms with Gasteiger partial charge in [0.15, 0.2) is 0 Å². The van der Waals surface area contributed by atoms with Crippen LogP contribution in [0.2, 0.25) is 0 Å². The Kier molecular flexibility index (Phi) is 6.79. The van der Waals surface area contributed by atoms with Gasteiger partial charge in [-0.05, 0) is 49.1 Å². The Bertz CT molecular complexity index is 1060. The fraction of sp³-hybridized carbons (Fsp3) is 0.227. The SMILES string of the molecule is CCOCCCN1C(=O)/C(=C/c2cc(-c3cccs3)nn2-c2ccccc2)SC1=S. The lowest BCUT2D eigenvalue weighted by atomic mass is 10.2. The highest BCUT2D eigenvalue weighted by Crippen LogP contribution is 2.34. The van der Waals surface area contributed by atoms with Gasteiger partial charge in [0.1, 0.15) is 10.0 Å². The van der Waals surface area contributed by atoms with Gasteiger partial charge in [-0.3, -0.25) is 9.69 Å². The van der Waals surface area contributed by atoms with Crippen molar-refractivity contribution < 1.29 is 9.53 Å². The van der Waals surface area contributed by atoms with E-state index >= 15 is 0 Å². The monoisotopic (exact) mass is 455 g/mol. The Labute approximate surface area is 189 Å². The lowest BCUT2D eigenvalue weighted by Gasteiger charge is -2.13. The van der Waals surface area contributed by atoms with E-state index in [4.69, 9.17) is 22.1 Å². The number of para-hydroxylation sites is 1. The van der Waals surface area contributed by atoms with Gasteiger partial charge in [0, 0.05) is 19.8 Å². The zero-order valence-electron chi connectivity index (χ0n) is 16.5. The molecule has 30 heavy (non-hydrogen) atoms. The van der Waals surface area contributed by atoms with E-state index in [1.165, 1.54) is 11.8 Å². The van der Waals surface area contributed by atoms with Crippen molar-refractivity contribution in [2.75, 3.05) is 19.8 Å². The Morgan fingerprint density at radius 1 is 1.20 bits per heavy atom. The zero-order valence-corrected chi connectivity index (χ0v) is 18.9. The van der Waals surface area contributed by atoms with Crippen molar-refractivity contribution in [1.82, 2.24) is 14.7 Å². The molecule has 5 nitrogen and oxygen atoms in total. The van der Waals surface area contributed by atoms with E-state index in [1.807, 2.05) is 71.6 Å². The molecule has 0 aliphatic carbocycles. The summed E-state index contributed by atoms with van der Waals surface area (Å²) in [5.74, 6) is -0.0556. The molecule has 3 heterocycles. The summed E-state index contributed by atoms with van der Waals surface area (Å²) in [6.07, 6.45) is 2.65. The lowest BCUT2D eigenvalue weighted by molar-refractivity contribution is -0.122. The molecule has 0 spiro atoms. The van der Waals surface area contributed by atoms with Crippen molar-refractivity contribution in [1.29, 1.82) is 0 Å². The number of rotatable bonds is 8. The molecule has 1 fully saturated rings. The number of carbonyl (C=O) groups excluding carboxylic acids is 1. The van der Waals surface area contributed by atoms with E-state index in [1.54, 1.807) is 16.2 Å². The first-order valence-corrected chi connectivity index (χ1v) is 11.8. The molecule has 154 valence electrons. The predicted octanol–water partition coefficient (Wildman–Crippen LogP) is 5.23. The van der Waals surface area contributed by atoms with Crippen LogP contribution >= 0.6 is 35.3 Å². The Morgan fingerprint density at radius 3 is 2.77 bits per heavy atom. The Balaban J connectivity index is 1.64. The molecule has 1 aliphatic heterocycles. The summed E-state index contributed by atoms with van der Waals surface area (Å²) in [6, 6.07) is 16.0. The molecule has 1 saturated heterocycles. The Hall–Kier alpha value is -2.26. The number of carbonyl (C=O) groups is 1. The van der Waals surface area contributed by atoms with E-state index in [-0.39, 0.29) is 5.91 Å². The third-order valence-electron chi connectivity index (χ3n) is 4.54. The van der Waals surface area contributed by atoms with Crippen LogP contribution in [0, 0.1) is 0 Å². The molecular weight excluding hydrogens is 434 g/mol. The topological polar surface area (TPSA) is 47.4 Å². The number of ether oxygens (including phenoxy) is 1. The second-order valence-electron chi connectivity index (χ2n) is 6.56. The molecule has 0 saturated carbocycles. The number of thioether (sulfide) groups is 1. The summed E-state index contributed by atoms with van der Waals surface area (Å²) in [6.45, 7) is 3.83. The van der Waals surface area contributed by atoms with Gasteiger partial charge in [-0.2, -0.15) is 5.10 Å². The highest BCUT2D eigenvalue weighted by molar-refractivity contribution is 8.26. The van der Waals surface area contributed by atoms with Gasteiger partial charge < -0.3 is 4.74 Å². The van der Waals surface area contributed by atoms with Gasteiger partial charge in [0.2, 0.25) is 0 Å². The second-order valence-corrected chi connectivity index (χ2v) is 9.19. The number of aromatic nitrogens is 2. The number of hydrogen-bond acceptors (Lipinski definition) is 6. The highest BCUT2D eigenvalue weighted by atomic mass is 32.2. The average Bonchev–Trinajstić information content (AvgIpc) is 3.48. The van der Waals surface area contributed by atoms with E-state index in [0.717, 1.165) is 28.4 Å². The van der Waals surface area contributed by atoms with Gasteiger partial charge in [-0.15, -0.1) is 11.3 Å². The minimum atomic E-state index is -0.0556. The fourth-order valence-corrected chi connectivity index (χ4v) is 5.09. The number of hydrogen-bond donors (Lipinski definition) is 0. The van der Waals surface area contributed by atoms with Crippen LogP contribution in [0.4, 0.5) is 0 Å². The minimum absolute atomic E-state index is 0.0556. The van der Waals surface area contributed by atoms with Gasteiger partial charge >= 0.3 is 0 Å². The van der Waals surface area contributed by atoms with Crippen LogP contribution < -0.4 is 0 Å². The molecule has 1 aromatic carbocycles. The van der Waals surface area contributed by atoms with Crippen molar-refractivity contribution in [3.63, 3.8) is 0 Å². The summed E-state index contributed by atoms with van der Waals surface area (Å²) in [7, 11) is 0. The summed E-state index contributed by atoms with van der Waals surface area (Å²) in [4.78, 5) is 16.3. The summed E-state index contributed by atoms with van der Waals surface area (Å²) in [5, 5.41) is 6.83. The molecule has 1 aliphatic rings. The number of thiocarbonyl (C=S) groups is 1. The molecule has 0 N–H and O–H groups in total. The average molecular weight is 456 g/mol. The van der Waals surface area contributed by atoms with E-state index in [0.29, 0.717) is 29.0 Å². The fourth-order valence-electron chi connectivity index (χ4n) is 3.12. The third-order valence-corrected chi connectivity index (χ3v) is 6.81. The van der Waals surface area contributed by atoms with Gasteiger partial charge in [-0.1, -0.05) is 48.2 Å². The molecule has 3 aromatic rings. The van der Waals surface area contributed by atoms with Crippen molar-refractivity contribution in [2.45, 2.75) is 13.3 Å². The largest absolute Gasteiger partial charge is 0.382 e. The molecule has 0 unspecified atom stereocenters. The lowest BCUT2D eigenvalue weighted by Crippen LogP contribution is -2.29. The normalized spacial score (nSPS) is 15.5. The van der Waals surface area contributed by atoms with Gasteiger partial charge in [0.25, 0.3) is 5.91 Å². The molecule has 4 rings (SSSR count). The van der Waals surface area contributed by atoms with Crippen LogP contribution in [0.25, 0.3) is 22.3 Å². The first kappa shape index (κ1) is 21.0. The van der Waals surface area contributed by atoms with Crippen molar-refractivity contribution >= 4 is 51.6 Å². The standard InChI is InChI=1S/C22H21N3O2S3/c1-2-27-12-7-11-24-21(26)20(30-22(24)28)15-17-14-18(19-10-6-13-29-19)23-25(17)16-8-4-3-5-9-16/h3-6,8-10,13-15H,2,7,11-12H2,1H3/b20-15-. The van der Waals surface area contributed by atoms with Crippen LogP contribution in [0.5, 0.6) is 0 Å². The third kappa shape index (κ3) is 4.57. The molecule has 0 atom stereocenters. The van der Waals surface area contributed by atoms with E-state index in [9.17, 15) is 4.79 Å². The molecule has 2 aromatic heterocycles. The molecule has 0 bridgehead atoms. The predicted molar refractivity (Wildman–Crippen MR) is 128 cm³/mol. The summed E-state index contributed by atoms with van der Waals surface area (Å²) in [5.41, 5.74) is 2.67. The van der Waals surface area contributed by atoms with Crippen LogP contribution in [0.3, 0.4) is 0 Å². The number of amides is 1. The zero-order chi connectivity index (χ0) is 20.9. The van der Waals surface area contributed by atoms with Crippen LogP contribution in [-0.4, -0.2) is 44.7 Å². The maximum atomic E-state index is 12.9. The molecule has 8 heteroatoms. The van der Waals surface area contributed by atoms with Crippen LogP contribution in [-0.2, 0) is 9.53 Å². The van der Waals surface area contributed by atoms with Gasteiger partial charge in [0.05, 0.1) is 21.2 Å². The van der Waals surface area contributed by atoms with Crippen molar-refractivity contribution in [3.8, 4) is 16.3 Å². The summed E-state index contributed by atoms with van der Waals surface area (Å²) < 4.78 is 7.84. The van der Waals surface area contributed by atoms with E-state index in [2.05, 4.69) is 0 Å². The van der Waals surface area contributed by atoms with Crippen LogP contribution in [0.15, 0.2) is 58.8 Å². The second kappa shape index (κ2) is 9.70. The van der Waals surface area contributed by atoms with Crippen molar-refractivity contribution in [2.24, 2.45) is 0 Å². The molecular formula is C22H21N3O2S3. The number of nitrogens with zero attached hydrogens (tertiary/aromatic N) is 3.